The fourth-order valence-electron chi connectivity index (χ4n) is 1.15. The zero-order chi connectivity index (χ0) is 12.7. The fraction of sp³-hybridized carbons (Fsp3) is 0.818. The van der Waals surface area contributed by atoms with Crippen LogP contribution >= 0.6 is 0 Å². The van der Waals surface area contributed by atoms with Gasteiger partial charge in [0, 0.05) is 6.04 Å². The van der Waals surface area contributed by atoms with Crippen LogP contribution in [0.25, 0.3) is 0 Å². The maximum Gasteiger partial charge on any atom is 0.328 e. The molecule has 0 aromatic heterocycles. The molecule has 0 aliphatic rings. The number of methoxy groups -OCH3 is 1. The summed E-state index contributed by atoms with van der Waals surface area (Å²) >= 11 is 0. The van der Waals surface area contributed by atoms with E-state index in [1.54, 1.807) is 0 Å². The van der Waals surface area contributed by atoms with Gasteiger partial charge < -0.3 is 15.4 Å². The Bertz CT molecular complexity index is 239. The van der Waals surface area contributed by atoms with Gasteiger partial charge in [-0.2, -0.15) is 0 Å². The van der Waals surface area contributed by atoms with Crippen molar-refractivity contribution in [3.05, 3.63) is 0 Å². The predicted octanol–water partition coefficient (Wildman–Crippen LogP) is 0.298. The van der Waals surface area contributed by atoms with Crippen molar-refractivity contribution in [2.45, 2.75) is 39.8 Å². The van der Waals surface area contributed by atoms with Gasteiger partial charge in [-0.1, -0.05) is 27.7 Å². The summed E-state index contributed by atoms with van der Waals surface area (Å²) in [5.41, 5.74) is 0. The first-order chi connectivity index (χ1) is 7.38. The van der Waals surface area contributed by atoms with Gasteiger partial charge in [-0.3, -0.25) is 4.79 Å². The lowest BCUT2D eigenvalue weighted by Gasteiger charge is -2.20. The highest BCUT2D eigenvalue weighted by Gasteiger charge is 2.24. The maximum atomic E-state index is 11.5. The molecule has 5 heteroatoms. The summed E-state index contributed by atoms with van der Waals surface area (Å²) in [6.07, 6.45) is 0. The molecule has 16 heavy (non-hydrogen) atoms. The van der Waals surface area contributed by atoms with E-state index in [0.29, 0.717) is 0 Å². The zero-order valence-corrected chi connectivity index (χ0v) is 10.7. The minimum absolute atomic E-state index is 0.00968. The van der Waals surface area contributed by atoms with Gasteiger partial charge in [-0.05, 0) is 5.92 Å². The lowest BCUT2D eigenvalue weighted by molar-refractivity contribution is -0.146. The number of hydrogen-bond donors (Lipinski definition) is 2. The van der Waals surface area contributed by atoms with E-state index in [1.165, 1.54) is 7.11 Å². The van der Waals surface area contributed by atoms with Crippen molar-refractivity contribution in [1.29, 1.82) is 0 Å². The molecule has 0 fully saturated rings. The quantitative estimate of drug-likeness (QED) is 0.644. The molecule has 0 aromatic carbocycles. The molecule has 0 radical (unpaired) electrons. The summed E-state index contributed by atoms with van der Waals surface area (Å²) in [5, 5.41) is 5.63. The lowest BCUT2D eigenvalue weighted by Crippen LogP contribution is -2.48. The molecule has 1 atom stereocenters. The Morgan fingerprint density at radius 3 is 2.12 bits per heavy atom. The Balaban J connectivity index is 4.19. The molecule has 0 aliphatic carbocycles. The molecule has 0 aliphatic heterocycles. The van der Waals surface area contributed by atoms with Crippen molar-refractivity contribution < 1.29 is 14.3 Å². The van der Waals surface area contributed by atoms with E-state index >= 15 is 0 Å². The average molecular weight is 230 g/mol. The molecule has 0 heterocycles. The van der Waals surface area contributed by atoms with E-state index in [4.69, 9.17) is 0 Å². The van der Waals surface area contributed by atoms with E-state index in [2.05, 4.69) is 15.4 Å². The van der Waals surface area contributed by atoms with Crippen LogP contribution in [-0.2, 0) is 14.3 Å². The van der Waals surface area contributed by atoms with E-state index in [0.717, 1.165) is 0 Å². The van der Waals surface area contributed by atoms with Gasteiger partial charge in [0.1, 0.15) is 6.04 Å². The molecule has 1 unspecified atom stereocenters. The van der Waals surface area contributed by atoms with E-state index < -0.39 is 12.0 Å². The average Bonchev–Trinajstić information content (AvgIpc) is 2.21. The second-order valence-electron chi connectivity index (χ2n) is 4.35. The smallest absolute Gasteiger partial charge is 0.328 e. The molecule has 2 N–H and O–H groups in total. The van der Waals surface area contributed by atoms with Gasteiger partial charge in [-0.15, -0.1) is 0 Å². The van der Waals surface area contributed by atoms with E-state index in [-0.39, 0.29) is 24.4 Å². The van der Waals surface area contributed by atoms with Crippen LogP contribution in [0.2, 0.25) is 0 Å². The topological polar surface area (TPSA) is 67.4 Å². The standard InChI is InChI=1S/C11H22N2O3/c1-7(2)10(11(15)16-5)13-9(14)6-12-8(3)4/h7-8,10,12H,6H2,1-5H3,(H,13,14). The number of hydrogen-bond acceptors (Lipinski definition) is 4. The van der Waals surface area contributed by atoms with Crippen LogP contribution in [0.4, 0.5) is 0 Å². The van der Waals surface area contributed by atoms with Gasteiger partial charge in [0.2, 0.25) is 5.91 Å². The van der Waals surface area contributed by atoms with Crippen LogP contribution in [0.5, 0.6) is 0 Å². The van der Waals surface area contributed by atoms with Crippen LogP contribution in [0.15, 0.2) is 0 Å². The Morgan fingerprint density at radius 2 is 1.75 bits per heavy atom. The number of esters is 1. The summed E-state index contributed by atoms with van der Waals surface area (Å²) in [6.45, 7) is 7.83. The Morgan fingerprint density at radius 1 is 1.19 bits per heavy atom. The molecule has 0 saturated heterocycles. The molecule has 0 rings (SSSR count). The normalized spacial score (nSPS) is 12.7. The summed E-state index contributed by atoms with van der Waals surface area (Å²) in [7, 11) is 1.32. The number of amides is 1. The van der Waals surface area contributed by atoms with Gasteiger partial charge >= 0.3 is 5.97 Å². The highest BCUT2D eigenvalue weighted by molar-refractivity contribution is 5.85. The van der Waals surface area contributed by atoms with Crippen molar-refractivity contribution in [1.82, 2.24) is 10.6 Å². The predicted molar refractivity (Wildman–Crippen MR) is 61.9 cm³/mol. The molecule has 5 nitrogen and oxygen atoms in total. The van der Waals surface area contributed by atoms with Crippen LogP contribution in [0, 0.1) is 5.92 Å². The first-order valence-corrected chi connectivity index (χ1v) is 5.49. The number of carbonyl (C=O) groups excluding carboxylic acids is 2. The summed E-state index contributed by atoms with van der Waals surface area (Å²) < 4.78 is 4.63. The van der Waals surface area contributed by atoms with E-state index in [1.807, 2.05) is 27.7 Å². The molecule has 1 amide bonds. The third kappa shape index (κ3) is 5.70. The Labute approximate surface area is 96.9 Å². The third-order valence-electron chi connectivity index (χ3n) is 2.11. The van der Waals surface area contributed by atoms with Gasteiger partial charge in [0.05, 0.1) is 13.7 Å². The largest absolute Gasteiger partial charge is 0.467 e. The minimum atomic E-state index is -0.577. The lowest BCUT2D eigenvalue weighted by atomic mass is 10.0. The zero-order valence-electron chi connectivity index (χ0n) is 10.7. The molecule has 0 bridgehead atoms. The number of nitrogens with one attached hydrogen (secondary N) is 2. The van der Waals surface area contributed by atoms with Crippen LogP contribution in [-0.4, -0.2) is 37.6 Å². The van der Waals surface area contributed by atoms with Crippen molar-refractivity contribution in [3.63, 3.8) is 0 Å². The summed E-state index contributed by atoms with van der Waals surface area (Å²) in [6, 6.07) is -0.340. The molecular formula is C11H22N2O3. The second kappa shape index (κ2) is 7.22. The molecule has 0 saturated carbocycles. The monoisotopic (exact) mass is 230 g/mol. The Hall–Kier alpha value is -1.10. The number of carbonyl (C=O) groups is 2. The number of rotatable bonds is 6. The molecule has 0 aromatic rings. The maximum absolute atomic E-state index is 11.5. The first kappa shape index (κ1) is 14.9. The third-order valence-corrected chi connectivity index (χ3v) is 2.11. The van der Waals surface area contributed by atoms with Gasteiger partial charge in [0.25, 0.3) is 0 Å². The SMILES string of the molecule is COC(=O)C(NC(=O)CNC(C)C)C(C)C. The highest BCUT2D eigenvalue weighted by atomic mass is 16.5. The van der Waals surface area contributed by atoms with Crippen LogP contribution in [0.3, 0.4) is 0 Å². The van der Waals surface area contributed by atoms with Crippen LogP contribution < -0.4 is 10.6 Å². The van der Waals surface area contributed by atoms with Crippen LogP contribution in [0.1, 0.15) is 27.7 Å². The molecule has 0 spiro atoms. The fourth-order valence-corrected chi connectivity index (χ4v) is 1.15. The second-order valence-corrected chi connectivity index (χ2v) is 4.35. The van der Waals surface area contributed by atoms with E-state index in [9.17, 15) is 9.59 Å². The van der Waals surface area contributed by atoms with Crippen molar-refractivity contribution in [3.8, 4) is 0 Å². The van der Waals surface area contributed by atoms with Crippen molar-refractivity contribution in [2.75, 3.05) is 13.7 Å². The van der Waals surface area contributed by atoms with Crippen molar-refractivity contribution >= 4 is 11.9 Å². The molecular weight excluding hydrogens is 208 g/mol. The van der Waals surface area contributed by atoms with Gasteiger partial charge in [-0.25, -0.2) is 4.79 Å². The highest BCUT2D eigenvalue weighted by Crippen LogP contribution is 2.03. The van der Waals surface area contributed by atoms with Gasteiger partial charge in [0.15, 0.2) is 0 Å². The summed E-state index contributed by atoms with van der Waals surface area (Å²) in [4.78, 5) is 22.9. The van der Waals surface area contributed by atoms with Crippen molar-refractivity contribution in [2.24, 2.45) is 5.92 Å². The number of ether oxygens (including phenoxy) is 1. The Kier molecular flexibility index (Phi) is 6.72. The first-order valence-electron chi connectivity index (χ1n) is 5.49. The molecule has 94 valence electrons. The minimum Gasteiger partial charge on any atom is -0.467 e. The summed E-state index contributed by atoms with van der Waals surface area (Å²) in [5.74, 6) is -0.596.